The molecule has 7 heteroatoms. The van der Waals surface area contributed by atoms with Crippen LogP contribution in [0.1, 0.15) is 0 Å². The number of hydrogen-bond donors (Lipinski definition) is 1. The van der Waals surface area contributed by atoms with Gasteiger partial charge in [0.15, 0.2) is 5.82 Å². The summed E-state index contributed by atoms with van der Waals surface area (Å²) in [6.45, 7) is 1.45. The summed E-state index contributed by atoms with van der Waals surface area (Å²) in [6, 6.07) is 0. The quantitative estimate of drug-likeness (QED) is 0.869. The second-order valence-corrected chi connectivity index (χ2v) is 3.74. The summed E-state index contributed by atoms with van der Waals surface area (Å²) in [5, 5.41) is 11.6. The second kappa shape index (κ2) is 3.79. The summed E-state index contributed by atoms with van der Waals surface area (Å²) < 4.78 is 4.47. The summed E-state index contributed by atoms with van der Waals surface area (Å²) in [5.41, 5.74) is 5.43. The summed E-state index contributed by atoms with van der Waals surface area (Å²) in [6.07, 6.45) is 5.34. The number of rotatable bonds is 3. The minimum Gasteiger partial charge on any atom is -0.381 e. The van der Waals surface area contributed by atoms with Crippen LogP contribution in [-0.4, -0.2) is 24.8 Å². The smallest absolute Gasteiger partial charge is 0.165 e. The van der Waals surface area contributed by atoms with Gasteiger partial charge in [0.25, 0.3) is 0 Å². The largest absolute Gasteiger partial charge is 0.381 e. The van der Waals surface area contributed by atoms with Crippen LogP contribution < -0.4 is 5.73 Å². The molecule has 74 valence electrons. The Bertz CT molecular complexity index is 379. The average Bonchev–Trinajstić information content (AvgIpc) is 2.72. The molecule has 2 rings (SSSR count). The zero-order valence-electron chi connectivity index (χ0n) is 7.34. The molecule has 0 aliphatic rings. The van der Waals surface area contributed by atoms with Crippen LogP contribution in [0.2, 0.25) is 0 Å². The first-order chi connectivity index (χ1) is 6.74. The van der Waals surface area contributed by atoms with Gasteiger partial charge < -0.3 is 5.73 Å². The molecule has 0 amide bonds. The van der Waals surface area contributed by atoms with Gasteiger partial charge in [-0.05, 0) is 15.9 Å². The first-order valence-corrected chi connectivity index (χ1v) is 4.87. The molecule has 0 aromatic carbocycles. The van der Waals surface area contributed by atoms with Gasteiger partial charge in [-0.25, -0.2) is 4.68 Å². The van der Waals surface area contributed by atoms with Crippen LogP contribution in [0.3, 0.4) is 0 Å². The normalized spacial score (nSPS) is 10.6. The average molecular weight is 257 g/mol. The monoisotopic (exact) mass is 256 g/mol. The summed E-state index contributed by atoms with van der Waals surface area (Å²) >= 11 is 3.32. The van der Waals surface area contributed by atoms with Crippen molar-refractivity contribution in [2.24, 2.45) is 0 Å². The van der Waals surface area contributed by atoms with Crippen molar-refractivity contribution in [2.45, 2.75) is 13.1 Å². The van der Waals surface area contributed by atoms with E-state index >= 15 is 0 Å². The number of aromatic nitrogens is 5. The molecule has 0 spiro atoms. The highest BCUT2D eigenvalue weighted by atomic mass is 79.9. The molecule has 0 unspecified atom stereocenters. The standard InChI is InChI=1S/C7H9BrN6/c8-6-3-10-13(4-6)1-2-14-5-7(9)11-12-14/h3-5H,1-2,9H2. The molecule has 6 nitrogen and oxygen atoms in total. The predicted molar refractivity (Wildman–Crippen MR) is 54.4 cm³/mol. The van der Waals surface area contributed by atoms with Gasteiger partial charge in [-0.15, -0.1) is 5.10 Å². The molecule has 0 fully saturated rings. The van der Waals surface area contributed by atoms with Crippen LogP contribution in [0.5, 0.6) is 0 Å². The Morgan fingerprint density at radius 1 is 1.29 bits per heavy atom. The molecule has 2 aromatic rings. The predicted octanol–water partition coefficient (Wildman–Crippen LogP) is 0.520. The van der Waals surface area contributed by atoms with Gasteiger partial charge in [0, 0.05) is 6.20 Å². The molecule has 2 N–H and O–H groups in total. The van der Waals surface area contributed by atoms with E-state index in [0.717, 1.165) is 11.0 Å². The maximum atomic E-state index is 5.43. The van der Waals surface area contributed by atoms with Gasteiger partial charge in [-0.3, -0.25) is 4.68 Å². The third-order valence-corrected chi connectivity index (χ3v) is 2.13. The Kier molecular flexibility index (Phi) is 2.49. The van der Waals surface area contributed by atoms with Crippen molar-refractivity contribution in [3.8, 4) is 0 Å². The van der Waals surface area contributed by atoms with Crippen molar-refractivity contribution in [1.29, 1.82) is 0 Å². The van der Waals surface area contributed by atoms with Crippen LogP contribution in [-0.2, 0) is 13.1 Å². The van der Waals surface area contributed by atoms with E-state index in [0.29, 0.717) is 12.4 Å². The van der Waals surface area contributed by atoms with Crippen molar-refractivity contribution in [3.63, 3.8) is 0 Å². The van der Waals surface area contributed by atoms with Crippen molar-refractivity contribution in [2.75, 3.05) is 5.73 Å². The molecule has 0 saturated heterocycles. The Morgan fingerprint density at radius 2 is 2.07 bits per heavy atom. The van der Waals surface area contributed by atoms with Crippen LogP contribution in [0.25, 0.3) is 0 Å². The summed E-state index contributed by atoms with van der Waals surface area (Å²) in [4.78, 5) is 0. The molecular weight excluding hydrogens is 248 g/mol. The number of aryl methyl sites for hydroxylation is 2. The lowest BCUT2D eigenvalue weighted by Gasteiger charge is -1.99. The van der Waals surface area contributed by atoms with Gasteiger partial charge in [0.05, 0.1) is 30.0 Å². The van der Waals surface area contributed by atoms with Crippen LogP contribution in [0, 0.1) is 0 Å². The zero-order valence-corrected chi connectivity index (χ0v) is 8.92. The molecule has 0 aliphatic heterocycles. The zero-order chi connectivity index (χ0) is 9.97. The number of nitrogens with zero attached hydrogens (tertiary/aromatic N) is 5. The van der Waals surface area contributed by atoms with Gasteiger partial charge in [0.1, 0.15) is 0 Å². The molecular formula is C7H9BrN6. The molecule has 2 heterocycles. The highest BCUT2D eigenvalue weighted by Crippen LogP contribution is 2.06. The highest BCUT2D eigenvalue weighted by molar-refractivity contribution is 9.10. The van der Waals surface area contributed by atoms with E-state index in [1.807, 2.05) is 10.9 Å². The third-order valence-electron chi connectivity index (χ3n) is 1.72. The maximum Gasteiger partial charge on any atom is 0.165 e. The number of nitrogen functional groups attached to an aromatic ring is 1. The van der Waals surface area contributed by atoms with E-state index in [9.17, 15) is 0 Å². The molecule has 0 bridgehead atoms. The van der Waals surface area contributed by atoms with Gasteiger partial charge in [-0.2, -0.15) is 5.10 Å². The molecule has 2 aromatic heterocycles. The minimum atomic E-state index is 0.437. The SMILES string of the molecule is Nc1cn(CCn2cc(Br)cn2)nn1. The van der Waals surface area contributed by atoms with Crippen molar-refractivity contribution >= 4 is 21.7 Å². The Morgan fingerprint density at radius 3 is 2.64 bits per heavy atom. The van der Waals surface area contributed by atoms with Crippen LogP contribution in [0.15, 0.2) is 23.1 Å². The lowest BCUT2D eigenvalue weighted by atomic mass is 10.6. The van der Waals surface area contributed by atoms with Gasteiger partial charge >= 0.3 is 0 Å². The lowest BCUT2D eigenvalue weighted by Crippen LogP contribution is -2.08. The number of halogens is 1. The topological polar surface area (TPSA) is 74.5 Å². The summed E-state index contributed by atoms with van der Waals surface area (Å²) in [5.74, 6) is 0.437. The maximum absolute atomic E-state index is 5.43. The molecule has 0 atom stereocenters. The second-order valence-electron chi connectivity index (χ2n) is 2.83. The van der Waals surface area contributed by atoms with Crippen molar-refractivity contribution in [1.82, 2.24) is 24.8 Å². The fourth-order valence-electron chi connectivity index (χ4n) is 1.09. The third kappa shape index (κ3) is 2.11. The van der Waals surface area contributed by atoms with Gasteiger partial charge in [-0.1, -0.05) is 5.21 Å². The molecule has 0 aliphatic carbocycles. The van der Waals surface area contributed by atoms with Crippen molar-refractivity contribution < 1.29 is 0 Å². The molecule has 0 saturated carbocycles. The van der Waals surface area contributed by atoms with E-state index in [4.69, 9.17) is 5.73 Å². The van der Waals surface area contributed by atoms with E-state index in [2.05, 4.69) is 31.3 Å². The minimum absolute atomic E-state index is 0.437. The van der Waals surface area contributed by atoms with Crippen LogP contribution >= 0.6 is 15.9 Å². The Labute approximate surface area is 88.8 Å². The number of anilines is 1. The molecule has 0 radical (unpaired) electrons. The van der Waals surface area contributed by atoms with E-state index in [1.54, 1.807) is 17.1 Å². The van der Waals surface area contributed by atoms with Crippen molar-refractivity contribution in [3.05, 3.63) is 23.1 Å². The molecule has 14 heavy (non-hydrogen) atoms. The van der Waals surface area contributed by atoms with E-state index in [1.165, 1.54) is 0 Å². The number of nitrogens with two attached hydrogens (primary N) is 1. The fraction of sp³-hybridized carbons (Fsp3) is 0.286. The lowest BCUT2D eigenvalue weighted by molar-refractivity contribution is 0.489. The summed E-state index contributed by atoms with van der Waals surface area (Å²) in [7, 11) is 0. The van der Waals surface area contributed by atoms with E-state index < -0.39 is 0 Å². The van der Waals surface area contributed by atoms with Crippen LogP contribution in [0.4, 0.5) is 5.82 Å². The van der Waals surface area contributed by atoms with Gasteiger partial charge in [0.2, 0.25) is 0 Å². The Hall–Kier alpha value is -1.37. The number of hydrogen-bond acceptors (Lipinski definition) is 4. The highest BCUT2D eigenvalue weighted by Gasteiger charge is 1.98. The fourth-order valence-corrected chi connectivity index (χ4v) is 1.42. The first-order valence-electron chi connectivity index (χ1n) is 4.07. The first kappa shape index (κ1) is 9.20. The Balaban J connectivity index is 1.94. The van der Waals surface area contributed by atoms with E-state index in [-0.39, 0.29) is 0 Å².